The van der Waals surface area contributed by atoms with Crippen molar-refractivity contribution in [3.63, 3.8) is 0 Å². The van der Waals surface area contributed by atoms with E-state index in [-0.39, 0.29) is 54.9 Å². The highest BCUT2D eigenvalue weighted by Gasteiger charge is 2.34. The van der Waals surface area contributed by atoms with E-state index in [9.17, 15) is 18.3 Å². The highest BCUT2D eigenvalue weighted by molar-refractivity contribution is 5.85. The van der Waals surface area contributed by atoms with E-state index in [1.165, 1.54) is 12.1 Å². The first-order chi connectivity index (χ1) is 15.9. The number of hydrogen-bond acceptors (Lipinski definition) is 4. The zero-order chi connectivity index (χ0) is 23.3. The second-order valence-corrected chi connectivity index (χ2v) is 9.19. The van der Waals surface area contributed by atoms with Crippen molar-refractivity contribution < 1.29 is 23.0 Å². The van der Waals surface area contributed by atoms with Crippen LogP contribution >= 0.6 is 24.8 Å². The van der Waals surface area contributed by atoms with Crippen LogP contribution in [0.2, 0.25) is 0 Å². The van der Waals surface area contributed by atoms with Gasteiger partial charge < -0.3 is 20.1 Å². The number of nitrogens with one attached hydrogen (secondary N) is 1. The van der Waals surface area contributed by atoms with Crippen LogP contribution in [0.3, 0.4) is 0 Å². The molecule has 2 N–H and O–H groups in total. The summed E-state index contributed by atoms with van der Waals surface area (Å²) in [6, 6.07) is 13.2. The predicted octanol–water partition coefficient (Wildman–Crippen LogP) is 5.67. The molecule has 1 saturated heterocycles. The third kappa shape index (κ3) is 7.99. The number of rotatable bonds is 7. The third-order valence-corrected chi connectivity index (χ3v) is 6.99. The number of piperazine rings is 1. The maximum Gasteiger partial charge on any atom is 0.416 e. The maximum absolute atomic E-state index is 13.2. The fraction of sp³-hybridized carbons (Fsp3) is 0.538. The molecule has 4 nitrogen and oxygen atoms in total. The van der Waals surface area contributed by atoms with E-state index in [2.05, 4.69) is 10.2 Å². The summed E-state index contributed by atoms with van der Waals surface area (Å²) in [5.41, 5.74) is 0.613. The minimum Gasteiger partial charge on any atom is -0.489 e. The van der Waals surface area contributed by atoms with Crippen LogP contribution in [0.25, 0.3) is 0 Å². The summed E-state index contributed by atoms with van der Waals surface area (Å²) in [5, 5.41) is 14.1. The molecule has 0 spiro atoms. The molecule has 3 atom stereocenters. The zero-order valence-electron chi connectivity index (χ0n) is 19.7. The molecule has 0 aromatic heterocycles. The molecule has 0 bridgehead atoms. The first-order valence-electron chi connectivity index (χ1n) is 11.9. The van der Waals surface area contributed by atoms with Crippen LogP contribution < -0.4 is 10.1 Å². The van der Waals surface area contributed by atoms with E-state index in [1.54, 1.807) is 6.07 Å². The first-order valence-corrected chi connectivity index (χ1v) is 11.9. The highest BCUT2D eigenvalue weighted by Crippen LogP contribution is 2.38. The molecule has 3 unspecified atom stereocenters. The van der Waals surface area contributed by atoms with E-state index in [4.69, 9.17) is 4.74 Å². The Morgan fingerprint density at radius 2 is 1.63 bits per heavy atom. The van der Waals surface area contributed by atoms with E-state index >= 15 is 0 Å². The van der Waals surface area contributed by atoms with Crippen LogP contribution in [-0.4, -0.2) is 48.8 Å². The van der Waals surface area contributed by atoms with Crippen LogP contribution in [-0.2, 0) is 12.8 Å². The van der Waals surface area contributed by atoms with Gasteiger partial charge in [-0.05, 0) is 42.5 Å². The second-order valence-electron chi connectivity index (χ2n) is 9.19. The van der Waals surface area contributed by atoms with Crippen LogP contribution in [0.5, 0.6) is 5.75 Å². The van der Waals surface area contributed by atoms with Crippen LogP contribution in [0.4, 0.5) is 13.2 Å². The molecule has 1 heterocycles. The lowest BCUT2D eigenvalue weighted by atomic mass is 9.74. The smallest absolute Gasteiger partial charge is 0.416 e. The van der Waals surface area contributed by atoms with Gasteiger partial charge >= 0.3 is 6.18 Å². The number of benzene rings is 2. The molecule has 9 heteroatoms. The first kappa shape index (κ1) is 29.7. The number of hydrogen-bond donors (Lipinski definition) is 2. The molecule has 2 aliphatic rings. The van der Waals surface area contributed by atoms with Crippen molar-refractivity contribution in [3.05, 3.63) is 65.2 Å². The topological polar surface area (TPSA) is 44.7 Å². The van der Waals surface area contributed by atoms with Gasteiger partial charge in [0.05, 0.1) is 11.7 Å². The monoisotopic (exact) mass is 534 g/mol. The lowest BCUT2D eigenvalue weighted by Gasteiger charge is -2.38. The van der Waals surface area contributed by atoms with Crippen molar-refractivity contribution in [3.8, 4) is 5.75 Å². The Morgan fingerprint density at radius 3 is 2.29 bits per heavy atom. The molecule has 196 valence electrons. The van der Waals surface area contributed by atoms with Gasteiger partial charge in [-0.1, -0.05) is 43.2 Å². The van der Waals surface area contributed by atoms with Gasteiger partial charge in [0.15, 0.2) is 0 Å². The van der Waals surface area contributed by atoms with Gasteiger partial charge in [-0.2, -0.15) is 13.2 Å². The van der Waals surface area contributed by atoms with Crippen molar-refractivity contribution in [1.29, 1.82) is 0 Å². The van der Waals surface area contributed by atoms with E-state index in [1.807, 2.05) is 24.3 Å². The summed E-state index contributed by atoms with van der Waals surface area (Å²) in [6.45, 7) is 4.72. The molecular weight excluding hydrogens is 500 g/mol. The van der Waals surface area contributed by atoms with Crippen molar-refractivity contribution in [1.82, 2.24) is 10.2 Å². The quantitative estimate of drug-likeness (QED) is 0.480. The molecule has 0 amide bonds. The summed E-state index contributed by atoms with van der Waals surface area (Å²) in [6.07, 6.45) is -0.611. The van der Waals surface area contributed by atoms with Gasteiger partial charge in [0.2, 0.25) is 0 Å². The van der Waals surface area contributed by atoms with Gasteiger partial charge in [0.1, 0.15) is 12.4 Å². The summed E-state index contributed by atoms with van der Waals surface area (Å²) in [4.78, 5) is 2.46. The summed E-state index contributed by atoms with van der Waals surface area (Å²) in [7, 11) is 0. The molecule has 1 aliphatic carbocycles. The molecule has 4 rings (SSSR count). The van der Waals surface area contributed by atoms with Crippen LogP contribution in [0.15, 0.2) is 48.5 Å². The molecule has 0 radical (unpaired) electrons. The zero-order valence-corrected chi connectivity index (χ0v) is 21.3. The number of ether oxygens (including phenoxy) is 1. The van der Waals surface area contributed by atoms with Crippen molar-refractivity contribution in [2.24, 2.45) is 5.92 Å². The number of halogens is 5. The van der Waals surface area contributed by atoms with Crippen LogP contribution in [0, 0.1) is 5.92 Å². The van der Waals surface area contributed by atoms with Crippen molar-refractivity contribution >= 4 is 24.8 Å². The lowest BCUT2D eigenvalue weighted by molar-refractivity contribution is -0.138. The lowest BCUT2D eigenvalue weighted by Crippen LogP contribution is -2.46. The molecule has 35 heavy (non-hydrogen) atoms. The molecule has 2 aromatic rings. The van der Waals surface area contributed by atoms with E-state index in [0.29, 0.717) is 5.75 Å². The summed E-state index contributed by atoms with van der Waals surface area (Å²) in [5.74, 6) is 0.985. The Labute approximate surface area is 218 Å². The minimum atomic E-state index is -4.40. The molecular formula is C26H35Cl2F3N2O2. The Hall–Kier alpha value is -1.51. The Balaban J connectivity index is 0.00000216. The number of nitrogens with zero attached hydrogens (tertiary/aromatic N) is 1. The Bertz CT molecular complexity index is 893. The molecule has 1 aliphatic heterocycles. The average Bonchev–Trinajstić information content (AvgIpc) is 2.82. The standard InChI is InChI=1S/C26H33F3N2O2.2ClH/c27-26(28,29)24-7-3-1-5-20(24)18-33-21-11-9-19(10-12-21)23(17-31-15-13-30-14-16-31)22-6-2-4-8-25(22)32;;/h1,3,5,7,9-12,22-23,25,30,32H,2,4,6,8,13-18H2;2*1H. The SMILES string of the molecule is Cl.Cl.OC1CCCCC1C(CN1CCNCC1)c1ccc(OCc2ccccc2C(F)(F)F)cc1. The van der Waals surface area contributed by atoms with Gasteiger partial charge in [0.25, 0.3) is 0 Å². The van der Waals surface area contributed by atoms with E-state index < -0.39 is 11.7 Å². The summed E-state index contributed by atoms with van der Waals surface area (Å²) >= 11 is 0. The fourth-order valence-electron chi connectivity index (χ4n) is 5.16. The molecule has 2 fully saturated rings. The fourth-order valence-corrected chi connectivity index (χ4v) is 5.16. The van der Waals surface area contributed by atoms with Gasteiger partial charge in [-0.25, -0.2) is 0 Å². The van der Waals surface area contributed by atoms with Crippen molar-refractivity contribution in [2.45, 2.75) is 50.5 Å². The maximum atomic E-state index is 13.2. The summed E-state index contributed by atoms with van der Waals surface area (Å²) < 4.78 is 45.4. The van der Waals surface area contributed by atoms with Gasteiger partial charge in [0, 0.05) is 44.2 Å². The number of aliphatic hydroxyl groups excluding tert-OH is 1. The average molecular weight is 535 g/mol. The predicted molar refractivity (Wildman–Crippen MR) is 137 cm³/mol. The van der Waals surface area contributed by atoms with Gasteiger partial charge in [-0.3, -0.25) is 0 Å². The number of aliphatic hydroxyl groups is 1. The van der Waals surface area contributed by atoms with Crippen molar-refractivity contribution in [2.75, 3.05) is 32.7 Å². The molecule has 2 aromatic carbocycles. The van der Waals surface area contributed by atoms with Gasteiger partial charge in [-0.15, -0.1) is 24.8 Å². The highest BCUT2D eigenvalue weighted by atomic mass is 35.5. The number of alkyl halides is 3. The minimum absolute atomic E-state index is 0. The second kappa shape index (κ2) is 13.7. The van der Waals surface area contributed by atoms with E-state index in [0.717, 1.165) is 70.0 Å². The third-order valence-electron chi connectivity index (χ3n) is 6.99. The largest absolute Gasteiger partial charge is 0.489 e. The van der Waals surface area contributed by atoms with Crippen LogP contribution in [0.1, 0.15) is 48.3 Å². The normalized spacial score (nSPS) is 21.9. The molecule has 1 saturated carbocycles. The Kier molecular flexibility index (Phi) is 11.6. The Morgan fingerprint density at radius 1 is 0.971 bits per heavy atom.